The van der Waals surface area contributed by atoms with E-state index in [0.29, 0.717) is 5.56 Å². The Morgan fingerprint density at radius 3 is 2.00 bits per heavy atom. The zero-order valence-corrected chi connectivity index (χ0v) is 12.0. The summed E-state index contributed by atoms with van der Waals surface area (Å²) in [6.07, 6.45) is 0. The third-order valence-corrected chi connectivity index (χ3v) is 2.81. The first-order valence-electron chi connectivity index (χ1n) is 6.08. The molecule has 118 valence electrons. The van der Waals surface area contributed by atoms with Gasteiger partial charge in [-0.25, -0.2) is 14.4 Å². The third-order valence-electron chi connectivity index (χ3n) is 2.81. The second-order valence-corrected chi connectivity index (χ2v) is 4.11. The van der Waals surface area contributed by atoms with Crippen molar-refractivity contribution < 1.29 is 23.9 Å². The normalized spacial score (nSPS) is 9.95. The lowest BCUT2D eigenvalue weighted by Gasteiger charge is -2.26. The van der Waals surface area contributed by atoms with Gasteiger partial charge in [-0.05, 0) is 17.7 Å². The summed E-state index contributed by atoms with van der Waals surface area (Å²) >= 11 is 0. The fraction of sp³-hybridized carbons (Fsp3) is 0.308. The van der Waals surface area contributed by atoms with E-state index in [0.717, 1.165) is 19.1 Å². The van der Waals surface area contributed by atoms with Crippen molar-refractivity contribution in [2.24, 2.45) is 10.9 Å². The summed E-state index contributed by atoms with van der Waals surface area (Å²) in [4.78, 5) is 46.2. The van der Waals surface area contributed by atoms with Crippen LogP contribution in [0.15, 0.2) is 29.4 Å². The lowest BCUT2D eigenvalue weighted by molar-refractivity contribution is -0.153. The summed E-state index contributed by atoms with van der Waals surface area (Å²) in [6.45, 7) is -0.0473. The van der Waals surface area contributed by atoms with Gasteiger partial charge in [-0.15, -0.1) is 0 Å². The molecular weight excluding hydrogens is 294 g/mol. The van der Waals surface area contributed by atoms with E-state index in [9.17, 15) is 19.3 Å². The number of ether oxygens (including phenoxy) is 2. The smallest absolute Gasteiger partial charge is 0.340 e. The number of benzene rings is 1. The first-order chi connectivity index (χ1) is 10.5. The number of nitrogens with two attached hydrogens (primary N) is 1. The number of primary amides is 1. The van der Waals surface area contributed by atoms with Gasteiger partial charge < -0.3 is 15.2 Å². The van der Waals surface area contributed by atoms with Crippen LogP contribution in [0.1, 0.15) is 5.56 Å². The van der Waals surface area contributed by atoms with Gasteiger partial charge in [-0.2, -0.15) is 4.91 Å². The molecule has 0 aliphatic rings. The number of carbonyl (C=O) groups excluding carboxylic acids is 3. The Morgan fingerprint density at radius 1 is 1.14 bits per heavy atom. The quantitative estimate of drug-likeness (QED) is 0.464. The summed E-state index contributed by atoms with van der Waals surface area (Å²) in [5.41, 5.74) is 6.02. The van der Waals surface area contributed by atoms with Gasteiger partial charge in [0.1, 0.15) is 6.54 Å². The number of anilines is 1. The minimum atomic E-state index is -1.66. The number of amides is 2. The highest BCUT2D eigenvalue weighted by molar-refractivity contribution is 6.10. The van der Waals surface area contributed by atoms with Crippen molar-refractivity contribution in [3.8, 4) is 0 Å². The number of methoxy groups -OCH3 is 2. The van der Waals surface area contributed by atoms with Crippen molar-refractivity contribution in [2.75, 3.05) is 19.1 Å². The molecule has 0 heterocycles. The number of urea groups is 1. The van der Waals surface area contributed by atoms with E-state index >= 15 is 0 Å². The van der Waals surface area contributed by atoms with E-state index in [4.69, 9.17) is 5.73 Å². The second-order valence-electron chi connectivity index (χ2n) is 4.11. The minimum Gasteiger partial charge on any atom is -0.467 e. The minimum absolute atomic E-state index is 0.0473. The van der Waals surface area contributed by atoms with Crippen molar-refractivity contribution in [3.05, 3.63) is 34.7 Å². The molecule has 2 N–H and O–H groups in total. The molecule has 0 saturated carbocycles. The Bertz CT molecular complexity index is 556. The lowest BCUT2D eigenvalue weighted by Crippen LogP contribution is -2.53. The zero-order chi connectivity index (χ0) is 16.7. The zero-order valence-electron chi connectivity index (χ0n) is 12.0. The molecule has 22 heavy (non-hydrogen) atoms. The average molecular weight is 309 g/mol. The van der Waals surface area contributed by atoms with Crippen LogP contribution in [0.25, 0.3) is 0 Å². The van der Waals surface area contributed by atoms with Crippen molar-refractivity contribution in [1.82, 2.24) is 0 Å². The number of hydrogen-bond acceptors (Lipinski definition) is 7. The highest BCUT2D eigenvalue weighted by Gasteiger charge is 2.38. The van der Waals surface area contributed by atoms with Crippen LogP contribution in [0, 0.1) is 4.91 Å². The van der Waals surface area contributed by atoms with Crippen LogP contribution in [0.3, 0.4) is 0 Å². The Hall–Kier alpha value is -2.97. The summed E-state index contributed by atoms with van der Waals surface area (Å²) in [5.74, 6) is -1.99. The number of rotatable bonds is 6. The molecule has 1 aromatic rings. The predicted octanol–water partition coefficient (Wildman–Crippen LogP) is 0.553. The highest BCUT2D eigenvalue weighted by atomic mass is 16.5. The molecule has 1 aromatic carbocycles. The van der Waals surface area contributed by atoms with Gasteiger partial charge in [-0.3, -0.25) is 4.90 Å². The number of nitroso groups, excluding NO2 is 1. The standard InChI is InChI=1S/C13H15N3O6/c1-21-11(17)10(12(18)22-2)16(13(14)19)9-5-3-8(4-6-9)7-15-20/h3-6,10H,7H2,1-2H3,(H2,14,19). The van der Waals surface area contributed by atoms with Crippen LogP contribution in [-0.4, -0.2) is 38.2 Å². The highest BCUT2D eigenvalue weighted by Crippen LogP contribution is 2.20. The molecule has 0 radical (unpaired) electrons. The molecule has 0 aliphatic carbocycles. The van der Waals surface area contributed by atoms with Gasteiger partial charge in [0.15, 0.2) is 0 Å². The molecular formula is C13H15N3O6. The average Bonchev–Trinajstić information content (AvgIpc) is 2.52. The van der Waals surface area contributed by atoms with E-state index in [1.54, 1.807) is 0 Å². The third kappa shape index (κ3) is 3.78. The van der Waals surface area contributed by atoms with Gasteiger partial charge in [0.25, 0.3) is 0 Å². The molecule has 0 spiro atoms. The van der Waals surface area contributed by atoms with E-state index in [2.05, 4.69) is 14.7 Å². The predicted molar refractivity (Wildman–Crippen MR) is 75.8 cm³/mol. The maximum atomic E-state index is 11.8. The molecule has 0 unspecified atom stereocenters. The van der Waals surface area contributed by atoms with Crippen molar-refractivity contribution in [2.45, 2.75) is 12.6 Å². The second kappa shape index (κ2) is 7.72. The molecule has 0 aromatic heterocycles. The van der Waals surface area contributed by atoms with Crippen LogP contribution < -0.4 is 10.6 Å². The van der Waals surface area contributed by atoms with Gasteiger partial charge in [0.05, 0.1) is 14.2 Å². The lowest BCUT2D eigenvalue weighted by atomic mass is 10.1. The first-order valence-corrected chi connectivity index (χ1v) is 6.08. The monoisotopic (exact) mass is 309 g/mol. The van der Waals surface area contributed by atoms with Crippen molar-refractivity contribution in [1.29, 1.82) is 0 Å². The summed E-state index contributed by atoms with van der Waals surface area (Å²) in [6, 6.07) is 3.16. The van der Waals surface area contributed by atoms with Crippen molar-refractivity contribution in [3.63, 3.8) is 0 Å². The van der Waals surface area contributed by atoms with Crippen LogP contribution in [0.4, 0.5) is 10.5 Å². The van der Waals surface area contributed by atoms with Gasteiger partial charge >= 0.3 is 18.0 Å². The fourth-order valence-corrected chi connectivity index (χ4v) is 1.77. The van der Waals surface area contributed by atoms with E-state index in [1.165, 1.54) is 24.3 Å². The molecule has 0 atom stereocenters. The number of hydrogen-bond donors (Lipinski definition) is 1. The van der Waals surface area contributed by atoms with Crippen LogP contribution in [0.5, 0.6) is 0 Å². The van der Waals surface area contributed by atoms with Gasteiger partial charge in [0, 0.05) is 5.69 Å². The molecule has 0 bridgehead atoms. The molecule has 9 nitrogen and oxygen atoms in total. The molecule has 9 heteroatoms. The maximum absolute atomic E-state index is 11.8. The molecule has 1 rings (SSSR count). The fourth-order valence-electron chi connectivity index (χ4n) is 1.77. The molecule has 0 aliphatic heterocycles. The topological polar surface area (TPSA) is 128 Å². The Kier molecular flexibility index (Phi) is 5.99. The largest absolute Gasteiger partial charge is 0.467 e. The Labute approximate surface area is 125 Å². The van der Waals surface area contributed by atoms with E-state index < -0.39 is 24.0 Å². The van der Waals surface area contributed by atoms with Gasteiger partial charge in [0.2, 0.25) is 6.04 Å². The van der Waals surface area contributed by atoms with E-state index in [-0.39, 0.29) is 12.2 Å². The number of esters is 2. The Balaban J connectivity index is 3.24. The van der Waals surface area contributed by atoms with Crippen LogP contribution >= 0.6 is 0 Å². The number of carbonyl (C=O) groups is 3. The van der Waals surface area contributed by atoms with Crippen LogP contribution in [-0.2, 0) is 25.6 Å². The van der Waals surface area contributed by atoms with Gasteiger partial charge in [-0.1, -0.05) is 17.3 Å². The van der Waals surface area contributed by atoms with Crippen LogP contribution in [0.2, 0.25) is 0 Å². The van der Waals surface area contributed by atoms with E-state index in [1.807, 2.05) is 0 Å². The molecule has 0 fully saturated rings. The summed E-state index contributed by atoms with van der Waals surface area (Å²) < 4.78 is 9.01. The van der Waals surface area contributed by atoms with Crippen molar-refractivity contribution >= 4 is 23.7 Å². The maximum Gasteiger partial charge on any atom is 0.340 e. The summed E-state index contributed by atoms with van der Waals surface area (Å²) in [5, 5.41) is 2.73. The molecule has 0 saturated heterocycles. The SMILES string of the molecule is COC(=O)C(C(=O)OC)N(C(N)=O)c1ccc(CN=O)cc1. The summed E-state index contributed by atoms with van der Waals surface area (Å²) in [7, 11) is 2.13. The molecule has 2 amide bonds. The number of nitrogens with zero attached hydrogens (tertiary/aromatic N) is 2. The first kappa shape index (κ1) is 17.1. The Morgan fingerprint density at radius 2 is 1.64 bits per heavy atom.